The average molecular weight is 311 g/mol. The van der Waals surface area contributed by atoms with Crippen LogP contribution in [-0.2, 0) is 16.6 Å². The Morgan fingerprint density at radius 3 is 2.80 bits per heavy atom. The van der Waals surface area contributed by atoms with E-state index in [1.807, 2.05) is 0 Å². The molecule has 0 saturated carbocycles. The van der Waals surface area contributed by atoms with Crippen molar-refractivity contribution in [2.45, 2.75) is 18.4 Å². The number of aromatic amines is 1. The molecule has 0 bridgehead atoms. The van der Waals surface area contributed by atoms with E-state index in [2.05, 4.69) is 19.9 Å². The molecule has 9 heteroatoms. The van der Waals surface area contributed by atoms with Crippen LogP contribution in [0.15, 0.2) is 29.4 Å². The number of nitrogens with zero attached hydrogens (tertiary/aromatic N) is 2. The number of sulfonamides is 1. The quantitative estimate of drug-likeness (QED) is 0.681. The van der Waals surface area contributed by atoms with E-state index in [0.717, 1.165) is 0 Å². The highest BCUT2D eigenvalue weighted by Crippen LogP contribution is 2.15. The van der Waals surface area contributed by atoms with Crippen LogP contribution in [0.4, 0.5) is 0 Å². The van der Waals surface area contributed by atoms with E-state index in [1.165, 1.54) is 18.5 Å². The number of hydrogen-bond donors (Lipinski definition) is 3. The molecule has 0 atom stereocenters. The van der Waals surface area contributed by atoms with Crippen LogP contribution >= 0.6 is 12.2 Å². The minimum absolute atomic E-state index is 0.0401. The van der Waals surface area contributed by atoms with Crippen molar-refractivity contribution >= 4 is 27.2 Å². The standard InChI is InChI=1S/C11H13N5O2S2/c1-7-4-8(2-3-9(7)11(12)19)20(17,18)15-5-10-13-6-14-16-10/h2-4,6,15H,5H2,1H3,(H2,12,19)(H,13,14,16). The maximum Gasteiger partial charge on any atom is 0.240 e. The van der Waals surface area contributed by atoms with Crippen molar-refractivity contribution < 1.29 is 8.42 Å². The normalized spacial score (nSPS) is 11.4. The molecule has 0 spiro atoms. The third-order valence-corrected chi connectivity index (χ3v) is 4.29. The molecule has 20 heavy (non-hydrogen) atoms. The number of nitrogens with one attached hydrogen (secondary N) is 2. The number of H-pyrrole nitrogens is 1. The number of aryl methyl sites for hydroxylation is 1. The summed E-state index contributed by atoms with van der Waals surface area (Å²) in [6.45, 7) is 1.79. The fourth-order valence-electron chi connectivity index (χ4n) is 1.64. The van der Waals surface area contributed by atoms with Crippen molar-refractivity contribution in [3.05, 3.63) is 41.5 Å². The van der Waals surface area contributed by atoms with Crippen LogP contribution in [0, 0.1) is 6.92 Å². The van der Waals surface area contributed by atoms with Crippen LogP contribution in [0.1, 0.15) is 17.0 Å². The zero-order valence-corrected chi connectivity index (χ0v) is 12.3. The molecule has 1 aromatic carbocycles. The van der Waals surface area contributed by atoms with E-state index in [-0.39, 0.29) is 16.4 Å². The summed E-state index contributed by atoms with van der Waals surface area (Å²) in [6, 6.07) is 4.59. The van der Waals surface area contributed by atoms with Crippen LogP contribution in [0.5, 0.6) is 0 Å². The molecule has 2 rings (SSSR count). The van der Waals surface area contributed by atoms with Gasteiger partial charge in [-0.1, -0.05) is 18.3 Å². The van der Waals surface area contributed by atoms with Gasteiger partial charge in [0, 0.05) is 5.56 Å². The van der Waals surface area contributed by atoms with Gasteiger partial charge < -0.3 is 5.73 Å². The minimum atomic E-state index is -3.62. The molecule has 0 aliphatic carbocycles. The molecule has 0 aliphatic heterocycles. The highest BCUT2D eigenvalue weighted by Gasteiger charge is 2.16. The minimum Gasteiger partial charge on any atom is -0.389 e. The number of aromatic nitrogens is 3. The summed E-state index contributed by atoms with van der Waals surface area (Å²) in [5, 5.41) is 6.22. The van der Waals surface area contributed by atoms with E-state index in [4.69, 9.17) is 18.0 Å². The van der Waals surface area contributed by atoms with Gasteiger partial charge in [0.15, 0.2) is 0 Å². The monoisotopic (exact) mass is 311 g/mol. The highest BCUT2D eigenvalue weighted by molar-refractivity contribution is 7.89. The highest BCUT2D eigenvalue weighted by atomic mass is 32.2. The Morgan fingerprint density at radius 1 is 1.50 bits per heavy atom. The second-order valence-corrected chi connectivity index (χ2v) is 6.30. The van der Waals surface area contributed by atoms with Gasteiger partial charge in [0.1, 0.15) is 17.1 Å². The van der Waals surface area contributed by atoms with Crippen molar-refractivity contribution in [3.63, 3.8) is 0 Å². The first-order valence-corrected chi connectivity index (χ1v) is 7.53. The third-order valence-electron chi connectivity index (χ3n) is 2.67. The second kappa shape index (κ2) is 5.65. The van der Waals surface area contributed by atoms with Crippen molar-refractivity contribution in [1.29, 1.82) is 0 Å². The molecule has 0 amide bonds. The predicted molar refractivity (Wildman–Crippen MR) is 77.5 cm³/mol. The molecule has 2 aromatic rings. The zero-order valence-electron chi connectivity index (χ0n) is 10.6. The smallest absolute Gasteiger partial charge is 0.240 e. The van der Waals surface area contributed by atoms with E-state index >= 15 is 0 Å². The van der Waals surface area contributed by atoms with E-state index in [9.17, 15) is 8.42 Å². The molecule has 0 saturated heterocycles. The lowest BCUT2D eigenvalue weighted by Crippen LogP contribution is -2.24. The van der Waals surface area contributed by atoms with Crippen LogP contribution in [-0.4, -0.2) is 28.6 Å². The summed E-state index contributed by atoms with van der Waals surface area (Å²) < 4.78 is 26.7. The SMILES string of the molecule is Cc1cc(S(=O)(=O)NCc2ncn[nH]2)ccc1C(N)=S. The molecule has 0 aliphatic rings. The number of nitrogens with two attached hydrogens (primary N) is 1. The summed E-state index contributed by atoms with van der Waals surface area (Å²) in [7, 11) is -3.62. The number of thiocarbonyl (C=S) groups is 1. The fourth-order valence-corrected chi connectivity index (χ4v) is 2.94. The van der Waals surface area contributed by atoms with E-state index in [0.29, 0.717) is 17.0 Å². The Hall–Kier alpha value is -1.84. The Balaban J connectivity index is 2.21. The number of rotatable bonds is 5. The van der Waals surface area contributed by atoms with Crippen molar-refractivity contribution in [2.24, 2.45) is 5.73 Å². The largest absolute Gasteiger partial charge is 0.389 e. The molecule has 106 valence electrons. The van der Waals surface area contributed by atoms with Crippen molar-refractivity contribution in [3.8, 4) is 0 Å². The first kappa shape index (κ1) is 14.6. The van der Waals surface area contributed by atoms with Crippen LogP contribution in [0.2, 0.25) is 0 Å². The molecule has 4 N–H and O–H groups in total. The van der Waals surface area contributed by atoms with E-state index < -0.39 is 10.0 Å². The first-order chi connectivity index (χ1) is 9.40. The molecule has 1 heterocycles. The van der Waals surface area contributed by atoms with Crippen LogP contribution < -0.4 is 10.5 Å². The molecular formula is C11H13N5O2S2. The van der Waals surface area contributed by atoms with E-state index in [1.54, 1.807) is 13.0 Å². The summed E-state index contributed by atoms with van der Waals surface area (Å²) in [5.41, 5.74) is 6.91. The Bertz CT molecular complexity index is 725. The van der Waals surface area contributed by atoms with Gasteiger partial charge in [-0.05, 0) is 24.6 Å². The average Bonchev–Trinajstić information content (AvgIpc) is 2.89. The summed E-state index contributed by atoms with van der Waals surface area (Å²) >= 11 is 4.88. The fraction of sp³-hybridized carbons (Fsp3) is 0.182. The Kier molecular flexibility index (Phi) is 4.12. The second-order valence-electron chi connectivity index (χ2n) is 4.10. The van der Waals surface area contributed by atoms with Crippen molar-refractivity contribution in [1.82, 2.24) is 19.9 Å². The maximum absolute atomic E-state index is 12.1. The molecule has 1 aromatic heterocycles. The Labute approximate surface area is 121 Å². The van der Waals surface area contributed by atoms with Gasteiger partial charge in [0.05, 0.1) is 11.4 Å². The third kappa shape index (κ3) is 3.18. The molecule has 7 nitrogen and oxygen atoms in total. The first-order valence-electron chi connectivity index (χ1n) is 5.64. The summed E-state index contributed by atoms with van der Waals surface area (Å²) in [6.07, 6.45) is 1.31. The number of hydrogen-bond acceptors (Lipinski definition) is 5. The molecule has 0 radical (unpaired) electrons. The van der Waals surface area contributed by atoms with Crippen molar-refractivity contribution in [2.75, 3.05) is 0 Å². The maximum atomic E-state index is 12.1. The predicted octanol–water partition coefficient (Wildman–Crippen LogP) is 0.226. The van der Waals surface area contributed by atoms with Crippen LogP contribution in [0.3, 0.4) is 0 Å². The lowest BCUT2D eigenvalue weighted by atomic mass is 10.1. The van der Waals surface area contributed by atoms with Crippen LogP contribution in [0.25, 0.3) is 0 Å². The number of benzene rings is 1. The van der Waals surface area contributed by atoms with Gasteiger partial charge in [-0.25, -0.2) is 18.1 Å². The summed E-state index contributed by atoms with van der Waals surface area (Å²) in [5.74, 6) is 0.435. The van der Waals surface area contributed by atoms with Gasteiger partial charge in [-0.2, -0.15) is 5.10 Å². The topological polar surface area (TPSA) is 114 Å². The molecule has 0 unspecified atom stereocenters. The Morgan fingerprint density at radius 2 is 2.25 bits per heavy atom. The zero-order chi connectivity index (χ0) is 14.8. The lowest BCUT2D eigenvalue weighted by molar-refractivity contribution is 0.579. The lowest BCUT2D eigenvalue weighted by Gasteiger charge is -2.09. The van der Waals surface area contributed by atoms with Gasteiger partial charge in [0.25, 0.3) is 0 Å². The molecule has 0 fully saturated rings. The summed E-state index contributed by atoms with van der Waals surface area (Å²) in [4.78, 5) is 4.23. The van der Waals surface area contributed by atoms with Gasteiger partial charge >= 0.3 is 0 Å². The van der Waals surface area contributed by atoms with Gasteiger partial charge in [-0.3, -0.25) is 5.10 Å². The van der Waals surface area contributed by atoms with Gasteiger partial charge in [-0.15, -0.1) is 0 Å². The van der Waals surface area contributed by atoms with Gasteiger partial charge in [0.2, 0.25) is 10.0 Å². The molecular weight excluding hydrogens is 298 g/mol.